The standard InChI is InChI=1S/C20H23N7O.C19H21N7O2.C17H18N6O2/c1-26-6-2-3-14-11-27(12-18(14)26)20-21-10-17(24-25-20)16-5-4-13(7-19(16)28)15-8-22-23-9-15;1-25-4-5-28-18-11-26(10-16(18)25)19-20-9-15(23-24-19)14-3-2-12(6-17(14)27)13-7-21-22-8-13;1-23-5-4-13(10-23)25-17-18-9-15(21-22-17)14-3-2-11(6-16(14)24)12-7-19-20-8-12/h4-5,7-10,14,18,28H,2-3,6,11-12H2,1H3,(H,22,23);2-3,6-9,16,18,27H,4-5,10-11H2,1H3,(H,21,22);2-3,6-9,13,24H,4-5,10H2,1H3,(H,19,20)/t14-,18+;16-,18+;/m01./s1. The predicted molar refractivity (Wildman–Crippen MR) is 300 cm³/mol. The number of aromatic nitrogens is 15. The molecule has 416 valence electrons. The number of ether oxygens (including phenoxy) is 2. The molecule has 5 saturated heterocycles. The van der Waals surface area contributed by atoms with Crippen LogP contribution >= 0.6 is 0 Å². The molecule has 0 saturated carbocycles. The molecule has 0 radical (unpaired) electrons. The van der Waals surface area contributed by atoms with Crippen molar-refractivity contribution in [3.8, 4) is 90.4 Å². The minimum Gasteiger partial charge on any atom is -0.507 e. The van der Waals surface area contributed by atoms with Gasteiger partial charge in [-0.3, -0.25) is 20.2 Å². The Kier molecular flexibility index (Phi) is 15.2. The molecule has 14 rings (SSSR count). The SMILES string of the molecule is CN1CCC(Oc2ncc(-c3ccc(-c4cn[nH]c4)cc3O)nn2)C1.CN1CCC[C@H]2CN(c3ncc(-c4ccc(-c5cn[nH]c5)cc4O)nn3)C[C@H]21.CN1CCO[C@H]2CN(c3ncc(-c4ccc(-c5cn[nH]c5)cc4O)nn3)C[C@H]21. The van der Waals surface area contributed by atoms with E-state index in [0.717, 1.165) is 92.2 Å². The Morgan fingerprint density at radius 2 is 1.01 bits per heavy atom. The lowest BCUT2D eigenvalue weighted by atomic mass is 9.93. The summed E-state index contributed by atoms with van der Waals surface area (Å²) in [5, 5.41) is 76.7. The lowest BCUT2D eigenvalue weighted by molar-refractivity contribution is -0.0362. The predicted octanol–water partition coefficient (Wildman–Crippen LogP) is 5.04. The first-order valence-electron chi connectivity index (χ1n) is 27.0. The van der Waals surface area contributed by atoms with E-state index in [1.807, 2.05) is 30.3 Å². The van der Waals surface area contributed by atoms with E-state index in [4.69, 9.17) is 9.47 Å². The number of nitrogens with one attached hydrogen (secondary N) is 3. The lowest BCUT2D eigenvalue weighted by Crippen LogP contribution is -2.48. The third-order valence-corrected chi connectivity index (χ3v) is 15.8. The Balaban J connectivity index is 0.000000121. The number of aromatic hydroxyl groups is 3. The number of nitrogens with zero attached hydrogens (tertiary/aromatic N) is 17. The van der Waals surface area contributed by atoms with Gasteiger partial charge < -0.3 is 44.4 Å². The van der Waals surface area contributed by atoms with Crippen LogP contribution in [0.3, 0.4) is 0 Å². The molecule has 0 spiro atoms. The fraction of sp³-hybridized carbons (Fsp3) is 0.357. The third kappa shape index (κ3) is 11.7. The molecule has 6 N–H and O–H groups in total. The number of hydrogen-bond donors (Lipinski definition) is 6. The Morgan fingerprint density at radius 1 is 0.506 bits per heavy atom. The van der Waals surface area contributed by atoms with Gasteiger partial charge in [0.2, 0.25) is 11.9 Å². The minimum absolute atomic E-state index is 0.0975. The number of H-pyrrole nitrogens is 3. The van der Waals surface area contributed by atoms with Gasteiger partial charge in [-0.2, -0.15) is 15.3 Å². The van der Waals surface area contributed by atoms with E-state index in [-0.39, 0.29) is 35.5 Å². The zero-order chi connectivity index (χ0) is 55.4. The number of aromatic amines is 3. The van der Waals surface area contributed by atoms with Crippen molar-refractivity contribution < 1.29 is 24.8 Å². The molecule has 0 amide bonds. The molecule has 11 heterocycles. The summed E-state index contributed by atoms with van der Waals surface area (Å²) in [6.45, 7) is 8.27. The van der Waals surface area contributed by atoms with Crippen LogP contribution in [0.1, 0.15) is 19.3 Å². The quantitative estimate of drug-likeness (QED) is 0.105. The summed E-state index contributed by atoms with van der Waals surface area (Å²) < 4.78 is 11.6. The van der Waals surface area contributed by atoms with Crippen LogP contribution in [-0.2, 0) is 4.74 Å². The number of fused-ring (bicyclic) bond motifs is 2. The molecule has 1 unspecified atom stereocenters. The maximum absolute atomic E-state index is 10.5. The zero-order valence-corrected chi connectivity index (χ0v) is 45.0. The van der Waals surface area contributed by atoms with Gasteiger partial charge in [0.15, 0.2) is 0 Å². The molecular weight excluding hydrogens is 1030 g/mol. The van der Waals surface area contributed by atoms with Crippen molar-refractivity contribution in [1.29, 1.82) is 0 Å². The fourth-order valence-corrected chi connectivity index (χ4v) is 11.3. The molecule has 5 fully saturated rings. The number of rotatable bonds is 10. The van der Waals surface area contributed by atoms with E-state index < -0.39 is 0 Å². The molecule has 3 aromatic carbocycles. The molecular formula is C56H62N20O5. The van der Waals surface area contributed by atoms with Crippen molar-refractivity contribution in [2.24, 2.45) is 5.92 Å². The molecule has 25 heteroatoms. The summed E-state index contributed by atoms with van der Waals surface area (Å²) in [5.41, 5.74) is 8.71. The number of piperidine rings is 1. The highest BCUT2D eigenvalue weighted by molar-refractivity contribution is 5.75. The Hall–Kier alpha value is -9.04. The topological polar surface area (TPSA) is 297 Å². The van der Waals surface area contributed by atoms with E-state index in [9.17, 15) is 15.3 Å². The molecule has 6 aromatic heterocycles. The summed E-state index contributed by atoms with van der Waals surface area (Å²) in [5.74, 6) is 2.33. The molecule has 0 aliphatic carbocycles. The van der Waals surface area contributed by atoms with Gasteiger partial charge in [-0.1, -0.05) is 23.3 Å². The first-order chi connectivity index (χ1) is 39.6. The monoisotopic (exact) mass is 1090 g/mol. The van der Waals surface area contributed by atoms with Crippen molar-refractivity contribution in [2.45, 2.75) is 43.6 Å². The second-order valence-corrected chi connectivity index (χ2v) is 21.1. The van der Waals surface area contributed by atoms with E-state index in [1.54, 1.807) is 80.0 Å². The van der Waals surface area contributed by atoms with Gasteiger partial charge in [0, 0.05) is 104 Å². The number of likely N-dealkylation sites (N-methyl/N-ethyl adjacent to an activating group) is 3. The largest absolute Gasteiger partial charge is 0.507 e. The summed E-state index contributed by atoms with van der Waals surface area (Å²) in [7, 11) is 6.39. The summed E-state index contributed by atoms with van der Waals surface area (Å²) in [6, 6.07) is 17.4. The fourth-order valence-electron chi connectivity index (χ4n) is 11.3. The van der Waals surface area contributed by atoms with Crippen LogP contribution in [0, 0.1) is 5.92 Å². The van der Waals surface area contributed by atoms with Gasteiger partial charge in [-0.25, -0.2) is 15.0 Å². The van der Waals surface area contributed by atoms with E-state index in [0.29, 0.717) is 63.7 Å². The first-order valence-corrected chi connectivity index (χ1v) is 27.0. The zero-order valence-electron chi connectivity index (χ0n) is 45.0. The summed E-state index contributed by atoms with van der Waals surface area (Å²) in [4.78, 5) is 24.6. The van der Waals surface area contributed by atoms with Gasteiger partial charge >= 0.3 is 6.01 Å². The van der Waals surface area contributed by atoms with Crippen LogP contribution in [0.2, 0.25) is 0 Å². The number of morpholine rings is 1. The van der Waals surface area contributed by atoms with E-state index >= 15 is 0 Å². The minimum atomic E-state index is 0.0975. The van der Waals surface area contributed by atoms with Crippen LogP contribution in [0.25, 0.3) is 67.2 Å². The maximum Gasteiger partial charge on any atom is 0.335 e. The van der Waals surface area contributed by atoms with Crippen LogP contribution in [-0.4, -0.2) is 211 Å². The highest BCUT2D eigenvalue weighted by Crippen LogP contribution is 2.36. The summed E-state index contributed by atoms with van der Waals surface area (Å²) in [6.07, 6.45) is 19.1. The van der Waals surface area contributed by atoms with Crippen molar-refractivity contribution in [3.05, 3.63) is 110 Å². The molecule has 0 bridgehead atoms. The first kappa shape index (κ1) is 52.6. The number of benzene rings is 3. The highest BCUT2D eigenvalue weighted by Gasteiger charge is 2.40. The van der Waals surface area contributed by atoms with Gasteiger partial charge in [-0.05, 0) is 106 Å². The number of phenolic OH excluding ortho intramolecular Hbond substituents is 3. The smallest absolute Gasteiger partial charge is 0.335 e. The van der Waals surface area contributed by atoms with Crippen LogP contribution in [0.5, 0.6) is 23.3 Å². The van der Waals surface area contributed by atoms with Gasteiger partial charge in [-0.15, -0.1) is 25.5 Å². The molecule has 5 atom stereocenters. The van der Waals surface area contributed by atoms with E-state index in [1.165, 1.54) is 19.4 Å². The number of likely N-dealkylation sites (tertiary alicyclic amines) is 2. The average molecular weight is 1100 g/mol. The Labute approximate surface area is 466 Å². The Morgan fingerprint density at radius 3 is 1.44 bits per heavy atom. The third-order valence-electron chi connectivity index (χ3n) is 15.8. The van der Waals surface area contributed by atoms with Crippen molar-refractivity contribution in [2.75, 3.05) is 89.9 Å². The second-order valence-electron chi connectivity index (χ2n) is 21.1. The second kappa shape index (κ2) is 23.3. The molecule has 5 aliphatic heterocycles. The normalized spacial score (nSPS) is 21.0. The van der Waals surface area contributed by atoms with Crippen molar-refractivity contribution >= 4 is 11.9 Å². The Bertz CT molecular complexity index is 3340. The van der Waals surface area contributed by atoms with Crippen LogP contribution in [0.15, 0.2) is 110 Å². The molecule has 5 aliphatic rings. The van der Waals surface area contributed by atoms with Crippen molar-refractivity contribution in [1.82, 2.24) is 90.8 Å². The molecule has 81 heavy (non-hydrogen) atoms. The summed E-state index contributed by atoms with van der Waals surface area (Å²) >= 11 is 0. The number of phenols is 3. The maximum atomic E-state index is 10.5. The molecule has 25 nitrogen and oxygen atoms in total. The van der Waals surface area contributed by atoms with Crippen LogP contribution < -0.4 is 14.5 Å². The van der Waals surface area contributed by atoms with Gasteiger partial charge in [0.05, 0.1) is 55.9 Å². The van der Waals surface area contributed by atoms with Crippen LogP contribution in [0.4, 0.5) is 11.9 Å². The van der Waals surface area contributed by atoms with Crippen molar-refractivity contribution in [3.63, 3.8) is 0 Å². The molecule has 9 aromatic rings. The number of anilines is 2. The lowest BCUT2D eigenvalue weighted by Gasteiger charge is -2.33. The van der Waals surface area contributed by atoms with Gasteiger partial charge in [0.25, 0.3) is 0 Å². The van der Waals surface area contributed by atoms with Gasteiger partial charge in [0.1, 0.15) is 40.4 Å². The number of hydrogen-bond acceptors (Lipinski definition) is 22. The highest BCUT2D eigenvalue weighted by atomic mass is 16.5. The average Bonchev–Trinajstić information content (AvgIpc) is 4.40. The van der Waals surface area contributed by atoms with E-state index in [2.05, 4.69) is 122 Å².